The van der Waals surface area contributed by atoms with E-state index in [1.807, 2.05) is 0 Å². The summed E-state index contributed by atoms with van der Waals surface area (Å²) in [6.07, 6.45) is -0.983. The van der Waals surface area contributed by atoms with Gasteiger partial charge in [0.1, 0.15) is 5.60 Å². The van der Waals surface area contributed by atoms with Crippen molar-refractivity contribution in [2.24, 2.45) is 0 Å². The zero-order valence-corrected chi connectivity index (χ0v) is 12.0. The van der Waals surface area contributed by atoms with E-state index < -0.39 is 41.8 Å². The minimum atomic E-state index is -1.58. The van der Waals surface area contributed by atoms with Crippen LogP contribution in [0.2, 0.25) is 0 Å². The third-order valence-electron chi connectivity index (χ3n) is 2.52. The van der Waals surface area contributed by atoms with Gasteiger partial charge in [-0.15, -0.1) is 0 Å². The van der Waals surface area contributed by atoms with Crippen molar-refractivity contribution in [1.29, 1.82) is 0 Å². The number of benzene rings is 1. The fourth-order valence-electron chi connectivity index (χ4n) is 1.62. The molecule has 0 unspecified atom stereocenters. The number of hydrogen-bond donors (Lipinski definition) is 2. The van der Waals surface area contributed by atoms with Crippen LogP contribution in [-0.2, 0) is 11.2 Å². The summed E-state index contributed by atoms with van der Waals surface area (Å²) in [5.41, 5.74) is -0.874. The summed E-state index contributed by atoms with van der Waals surface area (Å²) in [4.78, 5) is 11.6. The maximum Gasteiger partial charge on any atom is 0.407 e. The highest BCUT2D eigenvalue weighted by Gasteiger charge is 2.21. The highest BCUT2D eigenvalue weighted by molar-refractivity contribution is 5.68. The average molecular weight is 305 g/mol. The van der Waals surface area contributed by atoms with Crippen molar-refractivity contribution >= 4 is 6.09 Å². The third-order valence-corrected chi connectivity index (χ3v) is 2.52. The summed E-state index contributed by atoms with van der Waals surface area (Å²) in [7, 11) is 0. The second-order valence-corrected chi connectivity index (χ2v) is 5.56. The molecule has 0 aliphatic rings. The van der Waals surface area contributed by atoms with Crippen molar-refractivity contribution < 1.29 is 27.8 Å². The molecular formula is C14H18F3NO3. The molecule has 1 amide bonds. The number of aliphatic hydroxyl groups is 1. The molecule has 118 valence electrons. The Bertz CT molecular complexity index is 515. The Morgan fingerprint density at radius 2 is 1.90 bits per heavy atom. The smallest absolute Gasteiger partial charge is 0.407 e. The molecule has 0 saturated heterocycles. The molecule has 0 fully saturated rings. The summed E-state index contributed by atoms with van der Waals surface area (Å²) in [6, 6.07) is 0.974. The van der Waals surface area contributed by atoms with Crippen LogP contribution in [-0.4, -0.2) is 29.4 Å². The van der Waals surface area contributed by atoms with Crippen molar-refractivity contribution in [3.8, 4) is 0 Å². The minimum Gasteiger partial charge on any atom is -0.444 e. The summed E-state index contributed by atoms with van der Waals surface area (Å²) in [5, 5.41) is 11.5. The van der Waals surface area contributed by atoms with Crippen LogP contribution in [0.4, 0.5) is 18.0 Å². The number of ether oxygens (including phenoxy) is 1. The number of hydrogen-bond acceptors (Lipinski definition) is 3. The summed E-state index contributed by atoms with van der Waals surface area (Å²) in [6.45, 7) is 4.48. The molecule has 0 saturated carbocycles. The lowest BCUT2D eigenvalue weighted by Crippen LogP contribution is -2.42. The van der Waals surface area contributed by atoms with Crippen LogP contribution in [0.3, 0.4) is 0 Å². The topological polar surface area (TPSA) is 58.6 Å². The molecule has 0 aliphatic heterocycles. The van der Waals surface area contributed by atoms with Crippen molar-refractivity contribution in [2.45, 2.75) is 38.8 Å². The molecule has 0 radical (unpaired) electrons. The fourth-order valence-corrected chi connectivity index (χ4v) is 1.62. The van der Waals surface area contributed by atoms with Crippen molar-refractivity contribution in [3.63, 3.8) is 0 Å². The number of carbonyl (C=O) groups is 1. The Balaban J connectivity index is 2.75. The van der Waals surface area contributed by atoms with Gasteiger partial charge in [0.05, 0.1) is 12.6 Å². The molecular weight excluding hydrogens is 287 g/mol. The number of halogens is 3. The van der Waals surface area contributed by atoms with E-state index in [0.717, 1.165) is 12.1 Å². The molecule has 0 aliphatic carbocycles. The first kappa shape index (κ1) is 17.3. The Kier molecular flexibility index (Phi) is 5.60. The van der Waals surface area contributed by atoms with Gasteiger partial charge < -0.3 is 15.2 Å². The quantitative estimate of drug-likeness (QED) is 0.840. The predicted octanol–water partition coefficient (Wildman–Crippen LogP) is 2.53. The maximum absolute atomic E-state index is 13.5. The van der Waals surface area contributed by atoms with Crippen molar-refractivity contribution in [2.75, 3.05) is 6.61 Å². The van der Waals surface area contributed by atoms with Gasteiger partial charge in [-0.3, -0.25) is 0 Å². The standard InChI is InChI=1S/C14H18F3NO3/c1-14(2,3)21-13(20)18-9(7-19)6-8-4-5-10(15)12(17)11(8)16/h4-5,9,19H,6-7H2,1-3H3,(H,18,20)/t9-/m0/s1. The maximum atomic E-state index is 13.5. The van der Waals surface area contributed by atoms with Crippen LogP contribution in [0.15, 0.2) is 12.1 Å². The van der Waals surface area contributed by atoms with Crippen molar-refractivity contribution in [1.82, 2.24) is 5.32 Å². The summed E-state index contributed by atoms with van der Waals surface area (Å²) < 4.78 is 44.4. The van der Waals surface area contributed by atoms with Gasteiger partial charge in [-0.25, -0.2) is 18.0 Å². The van der Waals surface area contributed by atoms with Gasteiger partial charge in [-0.1, -0.05) is 6.07 Å². The number of amides is 1. The van der Waals surface area contributed by atoms with E-state index in [-0.39, 0.29) is 12.0 Å². The molecule has 1 aromatic carbocycles. The number of aliphatic hydroxyl groups excluding tert-OH is 1. The first-order chi connectivity index (χ1) is 9.64. The van der Waals surface area contributed by atoms with Crippen LogP contribution < -0.4 is 5.32 Å². The molecule has 0 heterocycles. The summed E-state index contributed by atoms with van der Waals surface area (Å²) >= 11 is 0. The number of rotatable bonds is 4. The van der Waals surface area contributed by atoms with Crippen LogP contribution in [0.1, 0.15) is 26.3 Å². The lowest BCUT2D eigenvalue weighted by atomic mass is 10.1. The van der Waals surface area contributed by atoms with Crippen LogP contribution in [0.25, 0.3) is 0 Å². The van der Waals surface area contributed by atoms with E-state index in [2.05, 4.69) is 5.32 Å². The van der Waals surface area contributed by atoms with Gasteiger partial charge in [0, 0.05) is 0 Å². The Morgan fingerprint density at radius 3 is 2.43 bits per heavy atom. The van der Waals surface area contributed by atoms with Crippen LogP contribution in [0.5, 0.6) is 0 Å². The molecule has 0 aromatic heterocycles. The Labute approximate surface area is 120 Å². The van der Waals surface area contributed by atoms with E-state index in [1.54, 1.807) is 20.8 Å². The van der Waals surface area contributed by atoms with Crippen LogP contribution in [0, 0.1) is 17.5 Å². The van der Waals surface area contributed by atoms with E-state index in [4.69, 9.17) is 4.74 Å². The van der Waals surface area contributed by atoms with E-state index in [9.17, 15) is 23.1 Å². The zero-order valence-electron chi connectivity index (χ0n) is 12.0. The highest BCUT2D eigenvalue weighted by Crippen LogP contribution is 2.17. The second kappa shape index (κ2) is 6.80. The predicted molar refractivity (Wildman–Crippen MR) is 70.3 cm³/mol. The minimum absolute atomic E-state index is 0.149. The molecule has 7 heteroatoms. The van der Waals surface area contributed by atoms with Gasteiger partial charge in [0.25, 0.3) is 0 Å². The van der Waals surface area contributed by atoms with Gasteiger partial charge in [-0.05, 0) is 38.8 Å². The highest BCUT2D eigenvalue weighted by atomic mass is 19.2. The van der Waals surface area contributed by atoms with Crippen LogP contribution >= 0.6 is 0 Å². The zero-order chi connectivity index (χ0) is 16.2. The number of alkyl carbamates (subject to hydrolysis) is 1. The monoisotopic (exact) mass is 305 g/mol. The largest absolute Gasteiger partial charge is 0.444 e. The third kappa shape index (κ3) is 5.26. The average Bonchev–Trinajstić information content (AvgIpc) is 2.36. The number of nitrogens with one attached hydrogen (secondary N) is 1. The Hall–Kier alpha value is -1.76. The van der Waals surface area contributed by atoms with Gasteiger partial charge in [0.15, 0.2) is 17.5 Å². The van der Waals surface area contributed by atoms with E-state index in [1.165, 1.54) is 0 Å². The number of carbonyl (C=O) groups excluding carboxylic acids is 1. The molecule has 0 spiro atoms. The molecule has 1 atom stereocenters. The first-order valence-corrected chi connectivity index (χ1v) is 6.36. The van der Waals surface area contributed by atoms with Crippen molar-refractivity contribution in [3.05, 3.63) is 35.1 Å². The molecule has 21 heavy (non-hydrogen) atoms. The second-order valence-electron chi connectivity index (χ2n) is 5.56. The van der Waals surface area contributed by atoms with Gasteiger partial charge in [-0.2, -0.15) is 0 Å². The SMILES string of the molecule is CC(C)(C)OC(=O)N[C@H](CO)Cc1ccc(F)c(F)c1F. The lowest BCUT2D eigenvalue weighted by Gasteiger charge is -2.23. The summed E-state index contributed by atoms with van der Waals surface area (Å²) in [5.74, 6) is -4.21. The normalized spacial score (nSPS) is 12.9. The molecule has 1 aromatic rings. The molecule has 1 rings (SSSR count). The van der Waals surface area contributed by atoms with Gasteiger partial charge in [0.2, 0.25) is 0 Å². The van der Waals surface area contributed by atoms with E-state index >= 15 is 0 Å². The van der Waals surface area contributed by atoms with Gasteiger partial charge >= 0.3 is 6.09 Å². The lowest BCUT2D eigenvalue weighted by molar-refractivity contribution is 0.0482. The van der Waals surface area contributed by atoms with E-state index in [0.29, 0.717) is 0 Å². The molecule has 2 N–H and O–H groups in total. The Morgan fingerprint density at radius 1 is 1.29 bits per heavy atom. The molecule has 0 bridgehead atoms. The first-order valence-electron chi connectivity index (χ1n) is 6.36. The molecule has 4 nitrogen and oxygen atoms in total. The fraction of sp³-hybridized carbons (Fsp3) is 0.500.